The smallest absolute Gasteiger partial charge is 0.179 e. The fourth-order valence-electron chi connectivity index (χ4n) is 1.74. The van der Waals surface area contributed by atoms with Crippen LogP contribution in [0, 0.1) is 5.41 Å². The summed E-state index contributed by atoms with van der Waals surface area (Å²) in [7, 11) is -1.45. The van der Waals surface area contributed by atoms with Gasteiger partial charge in [-0.2, -0.15) is 0 Å². The van der Waals surface area contributed by atoms with E-state index in [-0.39, 0.29) is 10.3 Å². The van der Waals surface area contributed by atoms with Crippen molar-refractivity contribution in [3.05, 3.63) is 18.3 Å². The molecular formula is C12H21N3O2S. The molecule has 1 aromatic heterocycles. The summed E-state index contributed by atoms with van der Waals surface area (Å²) in [4.78, 5) is 6.26. The summed E-state index contributed by atoms with van der Waals surface area (Å²) in [6, 6.07) is 3.20. The highest BCUT2D eigenvalue weighted by Crippen LogP contribution is 2.24. The molecule has 0 aromatic carbocycles. The normalized spacial score (nSPS) is 12.5. The van der Waals surface area contributed by atoms with E-state index >= 15 is 0 Å². The molecule has 102 valence electrons. The predicted octanol–water partition coefficient (Wildman–Crippen LogP) is 0.906. The first-order valence-corrected chi connectivity index (χ1v) is 7.63. The van der Waals surface area contributed by atoms with E-state index in [4.69, 9.17) is 5.73 Å². The third-order valence-corrected chi connectivity index (χ3v) is 3.85. The molecular weight excluding hydrogens is 250 g/mol. The van der Waals surface area contributed by atoms with Crippen LogP contribution in [-0.2, 0) is 9.84 Å². The summed E-state index contributed by atoms with van der Waals surface area (Å²) >= 11 is 0. The Morgan fingerprint density at radius 1 is 1.44 bits per heavy atom. The molecule has 0 spiro atoms. The summed E-state index contributed by atoms with van der Waals surface area (Å²) < 4.78 is 23.4. The van der Waals surface area contributed by atoms with E-state index in [1.807, 2.05) is 25.8 Å². The van der Waals surface area contributed by atoms with Crippen LogP contribution >= 0.6 is 0 Å². The number of hydrogen-bond donors (Lipinski definition) is 1. The van der Waals surface area contributed by atoms with Crippen molar-refractivity contribution in [2.75, 3.05) is 31.3 Å². The minimum atomic E-state index is -3.28. The van der Waals surface area contributed by atoms with Crippen LogP contribution in [0.3, 0.4) is 0 Å². The molecule has 0 saturated carbocycles. The third-order valence-electron chi connectivity index (χ3n) is 2.73. The van der Waals surface area contributed by atoms with Crippen molar-refractivity contribution in [2.45, 2.75) is 18.7 Å². The van der Waals surface area contributed by atoms with Crippen molar-refractivity contribution in [1.29, 1.82) is 0 Å². The summed E-state index contributed by atoms with van der Waals surface area (Å²) in [6.45, 7) is 5.24. The Balaban J connectivity index is 3.11. The van der Waals surface area contributed by atoms with Crippen molar-refractivity contribution < 1.29 is 8.42 Å². The van der Waals surface area contributed by atoms with Gasteiger partial charge in [0.15, 0.2) is 9.84 Å². The van der Waals surface area contributed by atoms with Gasteiger partial charge in [0.1, 0.15) is 10.7 Å². The van der Waals surface area contributed by atoms with Crippen molar-refractivity contribution in [2.24, 2.45) is 11.1 Å². The van der Waals surface area contributed by atoms with Crippen molar-refractivity contribution in [1.82, 2.24) is 4.98 Å². The zero-order valence-corrected chi connectivity index (χ0v) is 12.2. The van der Waals surface area contributed by atoms with Gasteiger partial charge in [-0.1, -0.05) is 13.8 Å². The highest BCUT2D eigenvalue weighted by Gasteiger charge is 2.22. The van der Waals surface area contributed by atoms with Crippen molar-refractivity contribution in [3.63, 3.8) is 0 Å². The molecule has 0 aliphatic carbocycles. The first-order valence-electron chi connectivity index (χ1n) is 5.74. The number of rotatable bonds is 5. The maximum atomic E-state index is 11.7. The summed E-state index contributed by atoms with van der Waals surface area (Å²) in [5.74, 6) is 0.474. The zero-order valence-electron chi connectivity index (χ0n) is 11.3. The molecule has 1 aromatic rings. The highest BCUT2D eigenvalue weighted by atomic mass is 32.2. The standard InChI is InChI=1S/C12H21N3O2S/c1-12(2,8-13)9-15(3)11-10(18(4,16)17)6-5-7-14-11/h5-7H,8-9,13H2,1-4H3. The van der Waals surface area contributed by atoms with Gasteiger partial charge in [-0.25, -0.2) is 13.4 Å². The molecule has 0 aliphatic rings. The molecule has 6 heteroatoms. The quantitative estimate of drug-likeness (QED) is 0.861. The first kappa shape index (κ1) is 14.9. The minimum Gasteiger partial charge on any atom is -0.358 e. The van der Waals surface area contributed by atoms with Crippen LogP contribution in [0.4, 0.5) is 5.82 Å². The largest absolute Gasteiger partial charge is 0.358 e. The fraction of sp³-hybridized carbons (Fsp3) is 0.583. The van der Waals surface area contributed by atoms with Crippen LogP contribution in [0.1, 0.15) is 13.8 Å². The van der Waals surface area contributed by atoms with Gasteiger partial charge in [0.05, 0.1) is 0 Å². The lowest BCUT2D eigenvalue weighted by atomic mass is 9.93. The number of anilines is 1. The lowest BCUT2D eigenvalue weighted by molar-refractivity contribution is 0.383. The highest BCUT2D eigenvalue weighted by molar-refractivity contribution is 7.90. The van der Waals surface area contributed by atoms with Crippen LogP contribution < -0.4 is 10.6 Å². The Morgan fingerprint density at radius 2 is 2.06 bits per heavy atom. The zero-order chi connectivity index (χ0) is 14.0. The molecule has 0 amide bonds. The van der Waals surface area contributed by atoms with E-state index < -0.39 is 9.84 Å². The number of aromatic nitrogens is 1. The Bertz CT molecular complexity index is 512. The number of hydrogen-bond acceptors (Lipinski definition) is 5. The first-order chi connectivity index (χ1) is 8.17. The Labute approximate surface area is 109 Å². The second kappa shape index (κ2) is 5.24. The average Bonchev–Trinajstić information content (AvgIpc) is 2.27. The van der Waals surface area contributed by atoms with E-state index in [0.29, 0.717) is 18.9 Å². The minimum absolute atomic E-state index is 0.0962. The van der Waals surface area contributed by atoms with E-state index in [9.17, 15) is 8.42 Å². The van der Waals surface area contributed by atoms with Gasteiger partial charge in [0.25, 0.3) is 0 Å². The Hall–Kier alpha value is -1.14. The summed E-state index contributed by atoms with van der Waals surface area (Å²) in [6.07, 6.45) is 2.78. The van der Waals surface area contributed by atoms with E-state index in [1.54, 1.807) is 18.3 Å². The van der Waals surface area contributed by atoms with Crippen LogP contribution in [0.2, 0.25) is 0 Å². The van der Waals surface area contributed by atoms with E-state index in [0.717, 1.165) is 0 Å². The van der Waals surface area contributed by atoms with E-state index in [2.05, 4.69) is 4.98 Å². The molecule has 5 nitrogen and oxygen atoms in total. The molecule has 0 bridgehead atoms. The van der Waals surface area contributed by atoms with Gasteiger partial charge >= 0.3 is 0 Å². The molecule has 0 atom stereocenters. The van der Waals surface area contributed by atoms with Gasteiger partial charge in [0.2, 0.25) is 0 Å². The van der Waals surface area contributed by atoms with Crippen LogP contribution in [-0.4, -0.2) is 39.8 Å². The van der Waals surface area contributed by atoms with Crippen LogP contribution in [0.15, 0.2) is 23.2 Å². The molecule has 1 rings (SSSR count). The number of nitrogens with zero attached hydrogens (tertiary/aromatic N) is 2. The number of sulfone groups is 1. The van der Waals surface area contributed by atoms with Gasteiger partial charge in [-0.05, 0) is 24.1 Å². The van der Waals surface area contributed by atoms with Gasteiger partial charge in [-0.15, -0.1) is 0 Å². The van der Waals surface area contributed by atoms with Gasteiger partial charge < -0.3 is 10.6 Å². The molecule has 2 N–H and O–H groups in total. The maximum Gasteiger partial charge on any atom is 0.179 e. The lowest BCUT2D eigenvalue weighted by Crippen LogP contribution is -2.37. The molecule has 1 heterocycles. The van der Waals surface area contributed by atoms with Gasteiger partial charge in [-0.3, -0.25) is 0 Å². The predicted molar refractivity (Wildman–Crippen MR) is 73.5 cm³/mol. The number of pyridine rings is 1. The van der Waals surface area contributed by atoms with Crippen molar-refractivity contribution in [3.8, 4) is 0 Å². The second-order valence-corrected chi connectivity index (χ2v) is 7.31. The Kier molecular flexibility index (Phi) is 4.34. The van der Waals surface area contributed by atoms with Gasteiger partial charge in [0, 0.05) is 26.0 Å². The fourth-order valence-corrected chi connectivity index (χ4v) is 2.61. The van der Waals surface area contributed by atoms with Crippen LogP contribution in [0.25, 0.3) is 0 Å². The maximum absolute atomic E-state index is 11.7. The molecule has 0 unspecified atom stereocenters. The molecule has 0 radical (unpaired) electrons. The molecule has 0 fully saturated rings. The molecule has 18 heavy (non-hydrogen) atoms. The Morgan fingerprint density at radius 3 is 2.56 bits per heavy atom. The monoisotopic (exact) mass is 271 g/mol. The lowest BCUT2D eigenvalue weighted by Gasteiger charge is -2.30. The SMILES string of the molecule is CN(CC(C)(C)CN)c1ncccc1S(C)(=O)=O. The van der Waals surface area contributed by atoms with Crippen LogP contribution in [0.5, 0.6) is 0 Å². The van der Waals surface area contributed by atoms with Crippen molar-refractivity contribution >= 4 is 15.7 Å². The summed E-state index contributed by atoms with van der Waals surface area (Å²) in [5, 5.41) is 0. The molecule has 0 aliphatic heterocycles. The summed E-state index contributed by atoms with van der Waals surface area (Å²) in [5.41, 5.74) is 5.60. The average molecular weight is 271 g/mol. The molecule has 0 saturated heterocycles. The second-order valence-electron chi connectivity index (χ2n) is 5.32. The third kappa shape index (κ3) is 3.68. The topological polar surface area (TPSA) is 76.3 Å². The van der Waals surface area contributed by atoms with E-state index in [1.165, 1.54) is 6.26 Å². The number of nitrogens with two attached hydrogens (primary N) is 1.